The smallest absolute Gasteiger partial charge is 0.325 e. The predicted octanol–water partition coefficient (Wildman–Crippen LogP) is 2.04. The summed E-state index contributed by atoms with van der Waals surface area (Å²) in [6.45, 7) is 1.47. The molecule has 2 N–H and O–H groups in total. The fourth-order valence-electron chi connectivity index (χ4n) is 3.63. The van der Waals surface area contributed by atoms with E-state index < -0.39 is 23.3 Å². The fourth-order valence-corrected chi connectivity index (χ4v) is 3.63. The quantitative estimate of drug-likeness (QED) is 0.800. The third-order valence-corrected chi connectivity index (χ3v) is 5.07. The molecular weight excluding hydrogens is 325 g/mol. The van der Waals surface area contributed by atoms with E-state index in [2.05, 4.69) is 10.6 Å². The summed E-state index contributed by atoms with van der Waals surface area (Å²) in [7, 11) is 0. The van der Waals surface area contributed by atoms with Crippen molar-refractivity contribution >= 4 is 17.8 Å². The largest absolute Gasteiger partial charge is 0.352 e. The molecule has 1 heterocycles. The van der Waals surface area contributed by atoms with Crippen LogP contribution in [0.3, 0.4) is 0 Å². The molecule has 1 saturated carbocycles. The third kappa shape index (κ3) is 3.23. The molecule has 2 fully saturated rings. The van der Waals surface area contributed by atoms with Crippen LogP contribution in [0.5, 0.6) is 0 Å². The van der Waals surface area contributed by atoms with Gasteiger partial charge in [0.05, 0.1) is 0 Å². The van der Waals surface area contributed by atoms with E-state index in [9.17, 15) is 18.8 Å². The number of urea groups is 1. The molecule has 2 aliphatic rings. The maximum Gasteiger partial charge on any atom is 0.325 e. The number of amides is 4. The minimum absolute atomic E-state index is 0.126. The molecule has 1 aliphatic heterocycles. The van der Waals surface area contributed by atoms with E-state index >= 15 is 0 Å². The van der Waals surface area contributed by atoms with Gasteiger partial charge in [0.25, 0.3) is 5.91 Å². The second-order valence-electron chi connectivity index (χ2n) is 6.64. The molecule has 4 amide bonds. The van der Waals surface area contributed by atoms with Crippen molar-refractivity contribution in [3.8, 4) is 0 Å². The van der Waals surface area contributed by atoms with Crippen LogP contribution in [0.4, 0.5) is 9.18 Å². The number of hydrogen-bond donors (Lipinski definition) is 2. The van der Waals surface area contributed by atoms with E-state index in [1.807, 2.05) is 0 Å². The van der Waals surface area contributed by atoms with Crippen LogP contribution in [0.2, 0.25) is 0 Å². The van der Waals surface area contributed by atoms with Gasteiger partial charge in [0.1, 0.15) is 17.9 Å². The number of carbonyl (C=O) groups is 3. The van der Waals surface area contributed by atoms with Crippen LogP contribution in [0.15, 0.2) is 24.3 Å². The molecule has 1 aliphatic carbocycles. The summed E-state index contributed by atoms with van der Waals surface area (Å²) < 4.78 is 13.2. The van der Waals surface area contributed by atoms with Crippen LogP contribution in [-0.4, -0.2) is 35.3 Å². The molecule has 1 saturated heterocycles. The first-order chi connectivity index (χ1) is 12.0. The van der Waals surface area contributed by atoms with Gasteiger partial charge in [0.15, 0.2) is 0 Å². The van der Waals surface area contributed by atoms with E-state index in [-0.39, 0.29) is 18.5 Å². The summed E-state index contributed by atoms with van der Waals surface area (Å²) in [6, 6.07) is 5.00. The highest BCUT2D eigenvalue weighted by Gasteiger charge is 2.51. The van der Waals surface area contributed by atoms with Gasteiger partial charge in [-0.2, -0.15) is 0 Å². The monoisotopic (exact) mass is 347 g/mol. The number of halogens is 1. The lowest BCUT2D eigenvalue weighted by Gasteiger charge is -2.25. The van der Waals surface area contributed by atoms with Crippen molar-refractivity contribution < 1.29 is 18.8 Å². The average Bonchev–Trinajstić information content (AvgIpc) is 3.18. The van der Waals surface area contributed by atoms with Gasteiger partial charge >= 0.3 is 6.03 Å². The van der Waals surface area contributed by atoms with Gasteiger partial charge in [-0.1, -0.05) is 31.9 Å². The number of benzene rings is 1. The van der Waals surface area contributed by atoms with Crippen LogP contribution < -0.4 is 10.6 Å². The van der Waals surface area contributed by atoms with Crippen LogP contribution in [0.25, 0.3) is 0 Å². The molecule has 0 aromatic heterocycles. The summed E-state index contributed by atoms with van der Waals surface area (Å²) in [5.74, 6) is -1.23. The van der Waals surface area contributed by atoms with Crippen LogP contribution >= 0.6 is 0 Å². The molecule has 0 bridgehead atoms. The van der Waals surface area contributed by atoms with Crippen LogP contribution in [0.1, 0.15) is 44.6 Å². The molecule has 1 aromatic carbocycles. The molecule has 134 valence electrons. The van der Waals surface area contributed by atoms with Gasteiger partial charge in [-0.25, -0.2) is 9.18 Å². The van der Waals surface area contributed by atoms with Crippen molar-refractivity contribution in [2.24, 2.45) is 0 Å². The number of nitrogens with zero attached hydrogens (tertiary/aromatic N) is 1. The molecule has 25 heavy (non-hydrogen) atoms. The van der Waals surface area contributed by atoms with Gasteiger partial charge in [0, 0.05) is 6.04 Å². The summed E-state index contributed by atoms with van der Waals surface area (Å²) in [6.07, 6.45) is 4.33. The molecule has 7 heteroatoms. The van der Waals surface area contributed by atoms with Crippen molar-refractivity contribution in [3.63, 3.8) is 0 Å². The molecular formula is C18H22FN3O3. The Morgan fingerprint density at radius 2 is 1.92 bits per heavy atom. The Kier molecular flexibility index (Phi) is 4.74. The normalized spacial score (nSPS) is 23.8. The standard InChI is InChI=1S/C18H22FN3O3/c1-2-18(12-7-9-13(19)10-8-12)16(24)22(17(25)21-18)11-15(23)20-14-5-3-4-6-14/h7-10,14H,2-6,11H2,1H3,(H,20,23)(H,21,25)/t18-/m1/s1. The Morgan fingerprint density at radius 3 is 2.52 bits per heavy atom. The highest BCUT2D eigenvalue weighted by Crippen LogP contribution is 2.32. The zero-order valence-corrected chi connectivity index (χ0v) is 14.2. The summed E-state index contributed by atoms with van der Waals surface area (Å²) >= 11 is 0. The number of hydrogen-bond acceptors (Lipinski definition) is 3. The Hall–Kier alpha value is -2.44. The lowest BCUT2D eigenvalue weighted by Crippen LogP contribution is -2.45. The van der Waals surface area contributed by atoms with E-state index in [0.717, 1.165) is 30.6 Å². The Bertz CT molecular complexity index is 685. The summed E-state index contributed by atoms with van der Waals surface area (Å²) in [5, 5.41) is 5.56. The molecule has 0 radical (unpaired) electrons. The first kappa shape index (κ1) is 17.4. The van der Waals surface area contributed by atoms with Gasteiger partial charge in [0.2, 0.25) is 5.91 Å². The SMILES string of the molecule is CC[C@]1(c2ccc(F)cc2)NC(=O)N(CC(=O)NC2CCCC2)C1=O. The maximum absolute atomic E-state index is 13.2. The Morgan fingerprint density at radius 1 is 1.28 bits per heavy atom. The topological polar surface area (TPSA) is 78.5 Å². The van der Waals surface area contributed by atoms with E-state index in [1.165, 1.54) is 24.3 Å². The van der Waals surface area contributed by atoms with E-state index in [4.69, 9.17) is 0 Å². The second-order valence-corrected chi connectivity index (χ2v) is 6.64. The third-order valence-electron chi connectivity index (χ3n) is 5.07. The van der Waals surface area contributed by atoms with Gasteiger partial charge in [-0.15, -0.1) is 0 Å². The molecule has 0 unspecified atom stereocenters. The van der Waals surface area contributed by atoms with Crippen molar-refractivity contribution in [1.82, 2.24) is 15.5 Å². The lowest BCUT2D eigenvalue weighted by atomic mass is 9.87. The van der Waals surface area contributed by atoms with Gasteiger partial charge in [-0.3, -0.25) is 14.5 Å². The second kappa shape index (κ2) is 6.82. The summed E-state index contributed by atoms with van der Waals surface area (Å²) in [5.41, 5.74) is -0.744. The number of rotatable bonds is 5. The minimum Gasteiger partial charge on any atom is -0.352 e. The first-order valence-electron chi connectivity index (χ1n) is 8.66. The van der Waals surface area contributed by atoms with Crippen molar-refractivity contribution in [2.75, 3.05) is 6.54 Å². The molecule has 1 aromatic rings. The van der Waals surface area contributed by atoms with Gasteiger partial charge in [-0.05, 0) is 37.0 Å². The summed E-state index contributed by atoms with van der Waals surface area (Å²) in [4.78, 5) is 38.3. The molecule has 1 atom stereocenters. The number of carbonyl (C=O) groups excluding carboxylic acids is 3. The fraction of sp³-hybridized carbons (Fsp3) is 0.500. The van der Waals surface area contributed by atoms with Crippen molar-refractivity contribution in [2.45, 2.75) is 50.6 Å². The predicted molar refractivity (Wildman–Crippen MR) is 89.0 cm³/mol. The molecule has 3 rings (SSSR count). The van der Waals surface area contributed by atoms with Crippen LogP contribution in [-0.2, 0) is 15.1 Å². The molecule has 6 nitrogen and oxygen atoms in total. The highest BCUT2D eigenvalue weighted by atomic mass is 19.1. The maximum atomic E-state index is 13.2. The first-order valence-corrected chi connectivity index (χ1v) is 8.66. The average molecular weight is 347 g/mol. The minimum atomic E-state index is -1.25. The number of nitrogens with one attached hydrogen (secondary N) is 2. The highest BCUT2D eigenvalue weighted by molar-refractivity contribution is 6.09. The van der Waals surface area contributed by atoms with Crippen molar-refractivity contribution in [1.29, 1.82) is 0 Å². The van der Waals surface area contributed by atoms with Crippen molar-refractivity contribution in [3.05, 3.63) is 35.6 Å². The lowest BCUT2D eigenvalue weighted by molar-refractivity contribution is -0.135. The van der Waals surface area contributed by atoms with E-state index in [1.54, 1.807) is 6.92 Å². The zero-order chi connectivity index (χ0) is 18.0. The Balaban J connectivity index is 1.76. The molecule has 0 spiro atoms. The van der Waals surface area contributed by atoms with Crippen LogP contribution in [0, 0.1) is 5.82 Å². The Labute approximate surface area is 145 Å². The number of imide groups is 1. The van der Waals surface area contributed by atoms with Gasteiger partial charge < -0.3 is 10.6 Å². The zero-order valence-electron chi connectivity index (χ0n) is 14.2. The van der Waals surface area contributed by atoms with E-state index in [0.29, 0.717) is 12.0 Å².